The number of hydrogen-bond acceptors (Lipinski definition) is 4. The molecule has 1 unspecified atom stereocenters. The van der Waals surface area contributed by atoms with E-state index in [0.29, 0.717) is 23.1 Å². The Labute approximate surface area is 147 Å². The Morgan fingerprint density at radius 3 is 2.46 bits per heavy atom. The zero-order chi connectivity index (χ0) is 19.5. The van der Waals surface area contributed by atoms with E-state index < -0.39 is 35.0 Å². The van der Waals surface area contributed by atoms with Crippen molar-refractivity contribution >= 4 is 23.4 Å². The van der Waals surface area contributed by atoms with Gasteiger partial charge in [0.05, 0.1) is 5.56 Å². The molecule has 0 N–H and O–H groups in total. The minimum atomic E-state index is -4.87. The van der Waals surface area contributed by atoms with Crippen LogP contribution in [0.15, 0.2) is 35.7 Å². The standard InChI is InChI=1S/C16H11F6NO2S/c1-9-8-26-14(23-9)13(16(20,21)22)25-12(24)6-5-10-3-2-4-11(7-10)15(17,18)19/h2-8,13H,1H3/b6-5+. The number of aryl methyl sites for hydroxylation is 1. The molecule has 0 aliphatic carbocycles. The van der Waals surface area contributed by atoms with Gasteiger partial charge in [-0.3, -0.25) is 0 Å². The average molecular weight is 395 g/mol. The molecule has 10 heteroatoms. The Morgan fingerprint density at radius 2 is 1.92 bits per heavy atom. The molecule has 0 saturated carbocycles. The van der Waals surface area contributed by atoms with E-state index >= 15 is 0 Å². The summed E-state index contributed by atoms with van der Waals surface area (Å²) in [5.74, 6) is -1.35. The van der Waals surface area contributed by atoms with E-state index in [9.17, 15) is 31.1 Å². The van der Waals surface area contributed by atoms with Gasteiger partial charge >= 0.3 is 18.3 Å². The third kappa shape index (κ3) is 5.32. The molecule has 0 radical (unpaired) electrons. The summed E-state index contributed by atoms with van der Waals surface area (Å²) in [4.78, 5) is 15.3. The van der Waals surface area contributed by atoms with Crippen LogP contribution in [0.3, 0.4) is 0 Å². The lowest BCUT2D eigenvalue weighted by molar-refractivity contribution is -0.221. The highest BCUT2D eigenvalue weighted by atomic mass is 32.1. The summed E-state index contributed by atoms with van der Waals surface area (Å²) in [6, 6.07) is 3.98. The highest BCUT2D eigenvalue weighted by Gasteiger charge is 2.45. The van der Waals surface area contributed by atoms with E-state index in [1.165, 1.54) is 18.4 Å². The molecule has 0 saturated heterocycles. The largest absolute Gasteiger partial charge is 0.442 e. The van der Waals surface area contributed by atoms with Gasteiger partial charge in [-0.05, 0) is 30.7 Å². The van der Waals surface area contributed by atoms with Crippen LogP contribution < -0.4 is 0 Å². The first-order valence-corrected chi connectivity index (χ1v) is 7.89. The van der Waals surface area contributed by atoms with Crippen LogP contribution in [0.25, 0.3) is 6.08 Å². The molecule has 0 fully saturated rings. The fraction of sp³-hybridized carbons (Fsp3) is 0.250. The van der Waals surface area contributed by atoms with Crippen molar-refractivity contribution in [1.82, 2.24) is 4.98 Å². The third-order valence-electron chi connectivity index (χ3n) is 3.02. The lowest BCUT2D eigenvalue weighted by atomic mass is 10.1. The van der Waals surface area contributed by atoms with Crippen LogP contribution in [-0.2, 0) is 15.7 Å². The quantitative estimate of drug-likeness (QED) is 0.399. The number of esters is 1. The molecule has 1 heterocycles. The second kappa shape index (κ2) is 7.48. The van der Waals surface area contributed by atoms with Crippen LogP contribution in [0.2, 0.25) is 0 Å². The van der Waals surface area contributed by atoms with Crippen LogP contribution in [0, 0.1) is 6.92 Å². The van der Waals surface area contributed by atoms with Crippen LogP contribution >= 0.6 is 11.3 Å². The topological polar surface area (TPSA) is 39.2 Å². The molecular formula is C16H11F6NO2S. The second-order valence-electron chi connectivity index (χ2n) is 5.14. The molecule has 1 atom stereocenters. The number of hydrogen-bond donors (Lipinski definition) is 0. The van der Waals surface area contributed by atoms with E-state index in [-0.39, 0.29) is 5.56 Å². The molecule has 3 nitrogen and oxygen atoms in total. The molecule has 1 aromatic heterocycles. The molecule has 0 spiro atoms. The Morgan fingerprint density at radius 1 is 1.23 bits per heavy atom. The number of halogens is 6. The van der Waals surface area contributed by atoms with Gasteiger partial charge in [-0.1, -0.05) is 12.1 Å². The molecule has 0 aliphatic rings. The van der Waals surface area contributed by atoms with Crippen molar-refractivity contribution in [1.29, 1.82) is 0 Å². The highest BCUT2D eigenvalue weighted by molar-refractivity contribution is 7.09. The normalized spacial score (nSPS) is 13.8. The Balaban J connectivity index is 2.14. The van der Waals surface area contributed by atoms with Crippen LogP contribution in [0.5, 0.6) is 0 Å². The minimum absolute atomic E-state index is 0.00886. The Kier molecular flexibility index (Phi) is 5.74. The van der Waals surface area contributed by atoms with E-state index in [4.69, 9.17) is 0 Å². The molecule has 0 bridgehead atoms. The minimum Gasteiger partial charge on any atom is -0.442 e. The summed E-state index contributed by atoms with van der Waals surface area (Å²) in [6.07, 6.45) is -10.4. The zero-order valence-electron chi connectivity index (χ0n) is 13.1. The molecular weight excluding hydrogens is 384 g/mol. The van der Waals surface area contributed by atoms with Gasteiger partial charge in [0, 0.05) is 17.2 Å². The van der Waals surface area contributed by atoms with Crippen molar-refractivity contribution in [2.45, 2.75) is 25.4 Å². The molecule has 140 valence electrons. The van der Waals surface area contributed by atoms with Gasteiger partial charge in [-0.25, -0.2) is 9.78 Å². The van der Waals surface area contributed by atoms with Crippen molar-refractivity contribution in [3.8, 4) is 0 Å². The first-order chi connectivity index (χ1) is 12.0. The zero-order valence-corrected chi connectivity index (χ0v) is 13.9. The molecule has 2 rings (SSSR count). The monoisotopic (exact) mass is 395 g/mol. The van der Waals surface area contributed by atoms with Crippen molar-refractivity contribution in [3.05, 3.63) is 57.6 Å². The second-order valence-corrected chi connectivity index (χ2v) is 6.03. The smallest absolute Gasteiger partial charge is 0.432 e. The summed E-state index contributed by atoms with van der Waals surface area (Å²) < 4.78 is 81.4. The van der Waals surface area contributed by atoms with Gasteiger partial charge in [0.1, 0.15) is 5.01 Å². The Bertz CT molecular complexity index is 810. The summed E-state index contributed by atoms with van der Waals surface area (Å²) in [7, 11) is 0. The third-order valence-corrected chi connectivity index (χ3v) is 4.02. The van der Waals surface area contributed by atoms with Crippen molar-refractivity contribution in [2.24, 2.45) is 0 Å². The van der Waals surface area contributed by atoms with Gasteiger partial charge in [0.2, 0.25) is 6.10 Å². The summed E-state index contributed by atoms with van der Waals surface area (Å²) in [6.45, 7) is 1.49. The number of ether oxygens (including phenoxy) is 1. The predicted molar refractivity (Wildman–Crippen MR) is 82.2 cm³/mol. The number of nitrogens with zero attached hydrogens (tertiary/aromatic N) is 1. The molecule has 0 aliphatic heterocycles. The van der Waals surface area contributed by atoms with E-state index in [2.05, 4.69) is 9.72 Å². The number of benzene rings is 1. The van der Waals surface area contributed by atoms with Gasteiger partial charge in [0.15, 0.2) is 0 Å². The fourth-order valence-corrected chi connectivity index (χ4v) is 2.73. The number of carbonyl (C=O) groups is 1. The lowest BCUT2D eigenvalue weighted by Crippen LogP contribution is -2.25. The number of carbonyl (C=O) groups excluding carboxylic acids is 1. The van der Waals surface area contributed by atoms with E-state index in [0.717, 1.165) is 24.3 Å². The molecule has 1 aromatic carbocycles. The summed E-state index contributed by atoms with van der Waals surface area (Å²) in [5.41, 5.74) is -0.611. The van der Waals surface area contributed by atoms with Crippen LogP contribution in [0.4, 0.5) is 26.3 Å². The van der Waals surface area contributed by atoms with Gasteiger partial charge in [-0.2, -0.15) is 26.3 Å². The number of aromatic nitrogens is 1. The number of rotatable bonds is 4. The lowest BCUT2D eigenvalue weighted by Gasteiger charge is -2.17. The average Bonchev–Trinajstić information content (AvgIpc) is 2.95. The van der Waals surface area contributed by atoms with E-state index in [1.807, 2.05) is 0 Å². The van der Waals surface area contributed by atoms with Crippen LogP contribution in [0.1, 0.15) is 27.9 Å². The highest BCUT2D eigenvalue weighted by Crippen LogP contribution is 2.37. The van der Waals surface area contributed by atoms with Gasteiger partial charge in [0.25, 0.3) is 0 Å². The van der Waals surface area contributed by atoms with Crippen LogP contribution in [-0.4, -0.2) is 17.1 Å². The summed E-state index contributed by atoms with van der Waals surface area (Å²) >= 11 is 0.688. The fourth-order valence-electron chi connectivity index (χ4n) is 1.89. The first kappa shape index (κ1) is 20.0. The SMILES string of the molecule is Cc1csc(C(OC(=O)/C=C/c2cccc(C(F)(F)F)c2)C(F)(F)F)n1. The molecule has 0 amide bonds. The maximum absolute atomic E-state index is 13.1. The maximum Gasteiger partial charge on any atom is 0.432 e. The van der Waals surface area contributed by atoms with Crippen molar-refractivity contribution in [2.75, 3.05) is 0 Å². The number of thiazole rings is 1. The first-order valence-electron chi connectivity index (χ1n) is 7.01. The molecule has 2 aromatic rings. The maximum atomic E-state index is 13.1. The summed E-state index contributed by atoms with van der Waals surface area (Å²) in [5, 5.41) is 0.941. The van der Waals surface area contributed by atoms with Gasteiger partial charge in [-0.15, -0.1) is 11.3 Å². The van der Waals surface area contributed by atoms with Crippen molar-refractivity contribution in [3.63, 3.8) is 0 Å². The van der Waals surface area contributed by atoms with E-state index in [1.54, 1.807) is 0 Å². The predicted octanol–water partition coefficient (Wildman–Crippen LogP) is 5.33. The van der Waals surface area contributed by atoms with Gasteiger partial charge < -0.3 is 4.74 Å². The Hall–Kier alpha value is -2.36. The molecule has 26 heavy (non-hydrogen) atoms. The van der Waals surface area contributed by atoms with Crippen molar-refractivity contribution < 1.29 is 35.9 Å². The number of alkyl halides is 6.